The summed E-state index contributed by atoms with van der Waals surface area (Å²) in [6, 6.07) is 14.6. The molecule has 1 atom stereocenters. The summed E-state index contributed by atoms with van der Waals surface area (Å²) in [6.45, 7) is 1.98. The second-order valence-corrected chi connectivity index (χ2v) is 6.35. The van der Waals surface area contributed by atoms with Crippen LogP contribution in [0.1, 0.15) is 17.5 Å². The van der Waals surface area contributed by atoms with Crippen LogP contribution in [-0.4, -0.2) is 37.0 Å². The number of hydrogen-bond acceptors (Lipinski definition) is 3. The van der Waals surface area contributed by atoms with E-state index >= 15 is 0 Å². The average Bonchev–Trinajstić information content (AvgIpc) is 2.98. The molecule has 1 saturated heterocycles. The number of halogens is 1. The van der Waals surface area contributed by atoms with Gasteiger partial charge in [0.15, 0.2) is 0 Å². The van der Waals surface area contributed by atoms with Gasteiger partial charge in [0.2, 0.25) is 5.91 Å². The molecular weight excluding hydrogens is 319 g/mol. The quantitative estimate of drug-likeness (QED) is 0.841. The first kappa shape index (κ1) is 17.4. The summed E-state index contributed by atoms with van der Waals surface area (Å²) in [6.07, 6.45) is 1.32. The highest BCUT2D eigenvalue weighted by molar-refractivity contribution is 5.79. The summed E-state index contributed by atoms with van der Waals surface area (Å²) >= 11 is 0. The van der Waals surface area contributed by atoms with E-state index < -0.39 is 0 Å². The Bertz CT molecular complexity index is 718. The second kappa shape index (κ2) is 8.12. The third-order valence-corrected chi connectivity index (χ3v) is 4.53. The molecule has 0 saturated carbocycles. The Labute approximate surface area is 147 Å². The van der Waals surface area contributed by atoms with Crippen molar-refractivity contribution in [3.05, 3.63) is 65.5 Å². The highest BCUT2D eigenvalue weighted by Crippen LogP contribution is 2.15. The molecule has 132 valence electrons. The van der Waals surface area contributed by atoms with Gasteiger partial charge in [-0.1, -0.05) is 24.3 Å². The van der Waals surface area contributed by atoms with Crippen LogP contribution >= 0.6 is 0 Å². The van der Waals surface area contributed by atoms with E-state index in [4.69, 9.17) is 4.74 Å². The molecule has 2 aromatic carbocycles. The topological polar surface area (TPSA) is 41.6 Å². The summed E-state index contributed by atoms with van der Waals surface area (Å²) < 4.78 is 18.4. The average molecular weight is 342 g/mol. The van der Waals surface area contributed by atoms with Crippen molar-refractivity contribution in [3.63, 3.8) is 0 Å². The van der Waals surface area contributed by atoms with E-state index in [-0.39, 0.29) is 17.8 Å². The Kier molecular flexibility index (Phi) is 5.66. The largest absolute Gasteiger partial charge is 0.497 e. The molecule has 1 amide bonds. The summed E-state index contributed by atoms with van der Waals surface area (Å²) in [7, 11) is 1.65. The molecule has 4 nitrogen and oxygen atoms in total. The minimum atomic E-state index is -0.233. The van der Waals surface area contributed by atoms with Gasteiger partial charge in [-0.2, -0.15) is 0 Å². The predicted molar refractivity (Wildman–Crippen MR) is 94.9 cm³/mol. The molecule has 1 aliphatic heterocycles. The van der Waals surface area contributed by atoms with Crippen LogP contribution in [0.2, 0.25) is 0 Å². The zero-order valence-electron chi connectivity index (χ0n) is 14.4. The van der Waals surface area contributed by atoms with Crippen molar-refractivity contribution in [2.75, 3.05) is 20.2 Å². The van der Waals surface area contributed by atoms with E-state index in [1.807, 2.05) is 35.2 Å². The Balaban J connectivity index is 1.46. The number of rotatable bonds is 7. The van der Waals surface area contributed by atoms with Gasteiger partial charge in [0.05, 0.1) is 7.11 Å². The Morgan fingerprint density at radius 2 is 2.00 bits per heavy atom. The molecule has 2 aromatic rings. The normalized spacial score (nSPS) is 17.1. The number of methoxy groups -OCH3 is 1. The molecule has 1 unspecified atom stereocenters. The van der Waals surface area contributed by atoms with Gasteiger partial charge in [-0.15, -0.1) is 0 Å². The van der Waals surface area contributed by atoms with E-state index in [2.05, 4.69) is 5.32 Å². The fourth-order valence-corrected chi connectivity index (χ4v) is 3.09. The first-order chi connectivity index (χ1) is 12.1. The van der Waals surface area contributed by atoms with Gasteiger partial charge in [0.1, 0.15) is 11.6 Å². The van der Waals surface area contributed by atoms with Gasteiger partial charge in [0.25, 0.3) is 0 Å². The van der Waals surface area contributed by atoms with Crippen molar-refractivity contribution in [2.45, 2.75) is 25.4 Å². The molecule has 1 N–H and O–H groups in total. The minimum Gasteiger partial charge on any atom is -0.497 e. The number of hydrogen-bond donors (Lipinski definition) is 1. The molecule has 3 rings (SSSR count). The molecule has 1 heterocycles. The highest BCUT2D eigenvalue weighted by atomic mass is 19.1. The monoisotopic (exact) mass is 342 g/mol. The Morgan fingerprint density at radius 3 is 2.72 bits per heavy atom. The minimum absolute atomic E-state index is 0.117. The Morgan fingerprint density at radius 1 is 1.20 bits per heavy atom. The van der Waals surface area contributed by atoms with Crippen LogP contribution in [-0.2, 0) is 17.8 Å². The smallest absolute Gasteiger partial charge is 0.224 e. The van der Waals surface area contributed by atoms with Crippen molar-refractivity contribution >= 4 is 5.91 Å². The molecule has 25 heavy (non-hydrogen) atoms. The molecule has 5 heteroatoms. The van der Waals surface area contributed by atoms with Crippen LogP contribution in [0, 0.1) is 5.82 Å². The van der Waals surface area contributed by atoms with Gasteiger partial charge in [0, 0.05) is 32.1 Å². The Hall–Kier alpha value is -2.40. The van der Waals surface area contributed by atoms with Crippen molar-refractivity contribution in [2.24, 2.45) is 0 Å². The van der Waals surface area contributed by atoms with Crippen molar-refractivity contribution < 1.29 is 13.9 Å². The number of carbonyl (C=O) groups excluding carboxylic acids is 1. The molecule has 0 radical (unpaired) electrons. The molecule has 1 fully saturated rings. The molecule has 0 aliphatic carbocycles. The number of nitrogens with one attached hydrogen (secondary N) is 1. The van der Waals surface area contributed by atoms with E-state index in [1.54, 1.807) is 13.2 Å². The number of amides is 1. The first-order valence-corrected chi connectivity index (χ1v) is 8.52. The maximum absolute atomic E-state index is 13.2. The number of ether oxygens (including phenoxy) is 1. The van der Waals surface area contributed by atoms with Gasteiger partial charge in [-0.05, 0) is 41.8 Å². The van der Waals surface area contributed by atoms with Crippen molar-refractivity contribution in [1.82, 2.24) is 10.2 Å². The third kappa shape index (κ3) is 4.79. The van der Waals surface area contributed by atoms with Crippen LogP contribution in [0.15, 0.2) is 48.5 Å². The van der Waals surface area contributed by atoms with Gasteiger partial charge in [-0.3, -0.25) is 4.79 Å². The van der Waals surface area contributed by atoms with E-state index in [9.17, 15) is 9.18 Å². The first-order valence-electron chi connectivity index (χ1n) is 8.52. The molecule has 1 aliphatic rings. The van der Waals surface area contributed by atoms with Crippen molar-refractivity contribution in [3.8, 4) is 5.75 Å². The van der Waals surface area contributed by atoms with Crippen LogP contribution in [0.25, 0.3) is 0 Å². The third-order valence-electron chi connectivity index (χ3n) is 4.53. The lowest BCUT2D eigenvalue weighted by Gasteiger charge is -2.17. The lowest BCUT2D eigenvalue weighted by Crippen LogP contribution is -2.33. The maximum atomic E-state index is 13.2. The molecule has 0 bridgehead atoms. The predicted octanol–water partition coefficient (Wildman–Crippen LogP) is 2.77. The van der Waals surface area contributed by atoms with Crippen LogP contribution < -0.4 is 10.1 Å². The van der Waals surface area contributed by atoms with Crippen LogP contribution in [0.3, 0.4) is 0 Å². The van der Waals surface area contributed by atoms with Gasteiger partial charge in [-0.25, -0.2) is 4.39 Å². The zero-order valence-corrected chi connectivity index (χ0v) is 14.4. The fraction of sp³-hybridized carbons (Fsp3) is 0.350. The number of benzene rings is 2. The molecule has 0 aromatic heterocycles. The summed E-state index contributed by atoms with van der Waals surface area (Å²) in [4.78, 5) is 14.1. The second-order valence-electron chi connectivity index (χ2n) is 6.35. The number of carbonyl (C=O) groups is 1. The van der Waals surface area contributed by atoms with Gasteiger partial charge >= 0.3 is 0 Å². The summed E-state index contributed by atoms with van der Waals surface area (Å²) in [5.41, 5.74) is 2.08. The number of likely N-dealkylation sites (tertiary alicyclic amines) is 1. The summed E-state index contributed by atoms with van der Waals surface area (Å²) in [5, 5.41) is 3.35. The maximum Gasteiger partial charge on any atom is 0.224 e. The highest BCUT2D eigenvalue weighted by Gasteiger charge is 2.28. The van der Waals surface area contributed by atoms with E-state index in [1.165, 1.54) is 17.7 Å². The van der Waals surface area contributed by atoms with Crippen LogP contribution in [0.4, 0.5) is 4.39 Å². The lowest BCUT2D eigenvalue weighted by atomic mass is 10.1. The van der Waals surface area contributed by atoms with Gasteiger partial charge < -0.3 is 15.0 Å². The zero-order chi connectivity index (χ0) is 17.6. The number of nitrogens with zero attached hydrogens (tertiary/aromatic N) is 1. The van der Waals surface area contributed by atoms with E-state index in [0.717, 1.165) is 17.7 Å². The fourth-order valence-electron chi connectivity index (χ4n) is 3.09. The summed E-state index contributed by atoms with van der Waals surface area (Å²) in [5.74, 6) is 0.774. The van der Waals surface area contributed by atoms with Crippen molar-refractivity contribution in [1.29, 1.82) is 0 Å². The molecular formula is C20H23FN2O2. The standard InChI is InChI=1S/C20H23FN2O2/c1-25-19-7-5-15(6-8-19)9-10-23-14-18(12-20(23)24)22-13-16-3-2-4-17(21)11-16/h2-8,11,18,22H,9-10,12-14H2,1H3. The van der Waals surface area contributed by atoms with Crippen LogP contribution in [0.5, 0.6) is 5.75 Å². The SMILES string of the molecule is COc1ccc(CCN2CC(NCc3cccc(F)c3)CC2=O)cc1. The molecule has 0 spiro atoms. The lowest BCUT2D eigenvalue weighted by molar-refractivity contribution is -0.127. The van der Waals surface area contributed by atoms with E-state index in [0.29, 0.717) is 26.1 Å².